The molecule has 1 aromatic heterocycles. The zero-order valence-corrected chi connectivity index (χ0v) is 11.5. The summed E-state index contributed by atoms with van der Waals surface area (Å²) >= 11 is 0. The smallest absolute Gasteiger partial charge is 0.204 e. The Kier molecular flexibility index (Phi) is 5.44. The molecule has 0 saturated heterocycles. The first-order valence-corrected chi connectivity index (χ1v) is 6.00. The lowest BCUT2D eigenvalue weighted by Crippen LogP contribution is -2.32. The maximum Gasteiger partial charge on any atom is 0.204 e. The standard InChI is InChI=1S/C12H24N4O/c1-6-10(9-17-5)13-7-11-8-14-12(15(2)3)16(11)4/h8,10,13H,6-7,9H2,1-5H3. The van der Waals surface area contributed by atoms with Crippen molar-refractivity contribution >= 4 is 5.95 Å². The third-order valence-electron chi connectivity index (χ3n) is 2.89. The molecule has 0 saturated carbocycles. The highest BCUT2D eigenvalue weighted by Crippen LogP contribution is 2.10. The molecule has 17 heavy (non-hydrogen) atoms. The number of imidazole rings is 1. The van der Waals surface area contributed by atoms with Crippen LogP contribution in [0.4, 0.5) is 5.95 Å². The van der Waals surface area contributed by atoms with E-state index in [1.807, 2.05) is 32.2 Å². The molecule has 0 amide bonds. The van der Waals surface area contributed by atoms with E-state index in [0.29, 0.717) is 6.04 Å². The molecule has 98 valence electrons. The molecule has 1 heterocycles. The van der Waals surface area contributed by atoms with Crippen LogP contribution >= 0.6 is 0 Å². The molecule has 0 aliphatic carbocycles. The first-order chi connectivity index (χ1) is 8.10. The van der Waals surface area contributed by atoms with Crippen molar-refractivity contribution in [1.82, 2.24) is 14.9 Å². The zero-order chi connectivity index (χ0) is 12.8. The van der Waals surface area contributed by atoms with E-state index in [0.717, 1.165) is 25.5 Å². The average molecular weight is 240 g/mol. The second-order valence-electron chi connectivity index (χ2n) is 4.44. The number of nitrogens with zero attached hydrogens (tertiary/aromatic N) is 3. The van der Waals surface area contributed by atoms with Gasteiger partial charge in [-0.2, -0.15) is 0 Å². The van der Waals surface area contributed by atoms with E-state index in [1.54, 1.807) is 7.11 Å². The summed E-state index contributed by atoms with van der Waals surface area (Å²) in [6.07, 6.45) is 2.98. The van der Waals surface area contributed by atoms with Gasteiger partial charge in [0.2, 0.25) is 5.95 Å². The molecule has 5 nitrogen and oxygen atoms in total. The molecular weight excluding hydrogens is 216 g/mol. The van der Waals surface area contributed by atoms with Crippen molar-refractivity contribution in [3.8, 4) is 0 Å². The van der Waals surface area contributed by atoms with Gasteiger partial charge in [0.15, 0.2) is 0 Å². The fraction of sp³-hybridized carbons (Fsp3) is 0.750. The molecule has 0 aromatic carbocycles. The molecule has 0 aliphatic rings. The lowest BCUT2D eigenvalue weighted by molar-refractivity contribution is 0.163. The van der Waals surface area contributed by atoms with Crippen molar-refractivity contribution in [1.29, 1.82) is 0 Å². The molecule has 1 rings (SSSR count). The van der Waals surface area contributed by atoms with Crippen LogP contribution in [-0.4, -0.2) is 43.4 Å². The molecule has 1 unspecified atom stereocenters. The maximum atomic E-state index is 5.16. The third-order valence-corrected chi connectivity index (χ3v) is 2.89. The van der Waals surface area contributed by atoms with Crippen molar-refractivity contribution in [2.45, 2.75) is 25.9 Å². The molecule has 0 radical (unpaired) electrons. The summed E-state index contributed by atoms with van der Waals surface area (Å²) in [5.41, 5.74) is 1.18. The van der Waals surface area contributed by atoms with Crippen molar-refractivity contribution in [3.05, 3.63) is 11.9 Å². The summed E-state index contributed by atoms with van der Waals surface area (Å²) in [5, 5.41) is 3.48. The summed E-state index contributed by atoms with van der Waals surface area (Å²) < 4.78 is 7.27. The lowest BCUT2D eigenvalue weighted by atomic mass is 10.2. The van der Waals surface area contributed by atoms with Crippen molar-refractivity contribution in [2.24, 2.45) is 7.05 Å². The number of anilines is 1. The number of hydrogen-bond acceptors (Lipinski definition) is 4. The molecule has 0 bridgehead atoms. The van der Waals surface area contributed by atoms with Crippen LogP contribution in [0.25, 0.3) is 0 Å². The van der Waals surface area contributed by atoms with Crippen LogP contribution in [0, 0.1) is 0 Å². The van der Waals surface area contributed by atoms with Gasteiger partial charge in [0.1, 0.15) is 0 Å². The quantitative estimate of drug-likeness (QED) is 0.772. The average Bonchev–Trinajstić information content (AvgIpc) is 2.66. The van der Waals surface area contributed by atoms with Crippen molar-refractivity contribution < 1.29 is 4.74 Å². The Labute approximate surface area is 104 Å². The van der Waals surface area contributed by atoms with Crippen LogP contribution in [0.1, 0.15) is 19.0 Å². The van der Waals surface area contributed by atoms with Gasteiger partial charge in [-0.3, -0.25) is 0 Å². The first-order valence-electron chi connectivity index (χ1n) is 6.00. The van der Waals surface area contributed by atoms with Gasteiger partial charge in [-0.15, -0.1) is 0 Å². The van der Waals surface area contributed by atoms with E-state index >= 15 is 0 Å². The Hall–Kier alpha value is -1.07. The van der Waals surface area contributed by atoms with E-state index in [-0.39, 0.29) is 0 Å². The normalized spacial score (nSPS) is 12.8. The minimum Gasteiger partial charge on any atom is -0.383 e. The summed E-state index contributed by atoms with van der Waals surface area (Å²) in [6, 6.07) is 0.401. The summed E-state index contributed by atoms with van der Waals surface area (Å²) in [6.45, 7) is 3.72. The molecule has 0 fully saturated rings. The number of ether oxygens (including phenoxy) is 1. The van der Waals surface area contributed by atoms with Crippen LogP contribution < -0.4 is 10.2 Å². The van der Waals surface area contributed by atoms with Gasteiger partial charge in [0.25, 0.3) is 0 Å². The van der Waals surface area contributed by atoms with E-state index in [4.69, 9.17) is 4.74 Å². The minimum atomic E-state index is 0.401. The number of rotatable bonds is 7. The van der Waals surface area contributed by atoms with Gasteiger partial charge in [0, 0.05) is 40.8 Å². The second kappa shape index (κ2) is 6.61. The Morgan fingerprint density at radius 3 is 2.71 bits per heavy atom. The number of nitrogens with one attached hydrogen (secondary N) is 1. The number of aromatic nitrogens is 2. The third kappa shape index (κ3) is 3.71. The topological polar surface area (TPSA) is 42.3 Å². The van der Waals surface area contributed by atoms with Gasteiger partial charge in [-0.1, -0.05) is 6.92 Å². The summed E-state index contributed by atoms with van der Waals surface area (Å²) in [4.78, 5) is 6.39. The Morgan fingerprint density at radius 1 is 1.53 bits per heavy atom. The van der Waals surface area contributed by atoms with Crippen molar-refractivity contribution in [3.63, 3.8) is 0 Å². The predicted molar refractivity (Wildman–Crippen MR) is 70.3 cm³/mol. The fourth-order valence-corrected chi connectivity index (χ4v) is 1.78. The van der Waals surface area contributed by atoms with Crippen LogP contribution in [0.5, 0.6) is 0 Å². The number of methoxy groups -OCH3 is 1. The molecule has 1 N–H and O–H groups in total. The first kappa shape index (κ1) is 14.0. The van der Waals surface area contributed by atoms with E-state index in [2.05, 4.69) is 21.8 Å². The molecular formula is C12H24N4O. The molecule has 5 heteroatoms. The van der Waals surface area contributed by atoms with Crippen LogP contribution in [-0.2, 0) is 18.3 Å². The van der Waals surface area contributed by atoms with Gasteiger partial charge >= 0.3 is 0 Å². The van der Waals surface area contributed by atoms with Gasteiger partial charge in [-0.25, -0.2) is 4.98 Å². The van der Waals surface area contributed by atoms with Gasteiger partial charge in [-0.05, 0) is 6.42 Å². The largest absolute Gasteiger partial charge is 0.383 e. The van der Waals surface area contributed by atoms with E-state index in [1.165, 1.54) is 5.69 Å². The number of hydrogen-bond donors (Lipinski definition) is 1. The van der Waals surface area contributed by atoms with Crippen LogP contribution in [0.2, 0.25) is 0 Å². The Morgan fingerprint density at radius 2 is 2.24 bits per heavy atom. The Bertz CT molecular complexity index is 335. The SMILES string of the molecule is CCC(COC)NCc1cnc(N(C)C)n1C. The second-order valence-corrected chi connectivity index (χ2v) is 4.44. The van der Waals surface area contributed by atoms with E-state index in [9.17, 15) is 0 Å². The predicted octanol–water partition coefficient (Wildman–Crippen LogP) is 1.00. The van der Waals surface area contributed by atoms with E-state index < -0.39 is 0 Å². The Balaban J connectivity index is 2.57. The molecule has 1 aromatic rings. The minimum absolute atomic E-state index is 0.401. The molecule has 0 spiro atoms. The van der Waals surface area contributed by atoms with Crippen LogP contribution in [0.3, 0.4) is 0 Å². The summed E-state index contributed by atoms with van der Waals surface area (Å²) in [5.74, 6) is 0.974. The van der Waals surface area contributed by atoms with Crippen molar-refractivity contribution in [2.75, 3.05) is 32.7 Å². The summed E-state index contributed by atoms with van der Waals surface area (Å²) in [7, 11) is 7.77. The molecule has 0 aliphatic heterocycles. The molecule has 1 atom stereocenters. The fourth-order valence-electron chi connectivity index (χ4n) is 1.78. The zero-order valence-electron chi connectivity index (χ0n) is 11.5. The highest BCUT2D eigenvalue weighted by atomic mass is 16.5. The highest BCUT2D eigenvalue weighted by molar-refractivity contribution is 5.30. The highest BCUT2D eigenvalue weighted by Gasteiger charge is 2.10. The maximum absolute atomic E-state index is 5.16. The van der Waals surface area contributed by atoms with Gasteiger partial charge in [0.05, 0.1) is 18.5 Å². The lowest BCUT2D eigenvalue weighted by Gasteiger charge is -2.17. The van der Waals surface area contributed by atoms with Crippen LogP contribution in [0.15, 0.2) is 6.20 Å². The van der Waals surface area contributed by atoms with Gasteiger partial charge < -0.3 is 19.5 Å². The monoisotopic (exact) mass is 240 g/mol.